The number of ether oxygens (including phenoxy) is 2. The highest BCUT2D eigenvalue weighted by Gasteiger charge is 2.27. The summed E-state index contributed by atoms with van der Waals surface area (Å²) in [7, 11) is 3.03. The van der Waals surface area contributed by atoms with Gasteiger partial charge >= 0.3 is 0 Å². The van der Waals surface area contributed by atoms with Gasteiger partial charge in [-0.05, 0) is 31.0 Å². The number of aromatic nitrogens is 5. The van der Waals surface area contributed by atoms with Gasteiger partial charge in [0.1, 0.15) is 23.7 Å². The summed E-state index contributed by atoms with van der Waals surface area (Å²) < 4.78 is 14.3. The molecule has 0 amide bonds. The molecule has 34 heavy (non-hydrogen) atoms. The van der Waals surface area contributed by atoms with Crippen LogP contribution in [0.3, 0.4) is 0 Å². The summed E-state index contributed by atoms with van der Waals surface area (Å²) in [4.78, 5) is 11.3. The van der Waals surface area contributed by atoms with Crippen LogP contribution in [-0.2, 0) is 0 Å². The molecular weight excluding hydrogens is 436 g/mol. The highest BCUT2D eigenvalue weighted by molar-refractivity contribution is 5.73. The van der Waals surface area contributed by atoms with E-state index < -0.39 is 0 Å². The fraction of sp³-hybridized carbons (Fsp3) is 0.304. The molecule has 11 heteroatoms. The second kappa shape index (κ2) is 8.92. The van der Waals surface area contributed by atoms with Gasteiger partial charge in [0.25, 0.3) is 0 Å². The summed E-state index contributed by atoms with van der Waals surface area (Å²) in [6.45, 7) is 0.864. The van der Waals surface area contributed by atoms with Crippen LogP contribution >= 0.6 is 0 Å². The fourth-order valence-corrected chi connectivity index (χ4v) is 4.26. The maximum Gasteiger partial charge on any atom is 0.245 e. The van der Waals surface area contributed by atoms with Crippen molar-refractivity contribution in [1.29, 1.82) is 5.26 Å². The van der Waals surface area contributed by atoms with Crippen molar-refractivity contribution < 1.29 is 14.6 Å². The zero-order valence-corrected chi connectivity index (χ0v) is 18.8. The van der Waals surface area contributed by atoms with E-state index >= 15 is 0 Å². The molecular formula is C23H24N8O3. The minimum Gasteiger partial charge on any atom is -0.493 e. The number of fused-ring (bicyclic) bond motifs is 1. The van der Waals surface area contributed by atoms with Crippen molar-refractivity contribution in [3.05, 3.63) is 48.5 Å². The van der Waals surface area contributed by atoms with Crippen LogP contribution in [0.15, 0.2) is 43.0 Å². The Balaban J connectivity index is 1.48. The van der Waals surface area contributed by atoms with Crippen LogP contribution in [-0.4, -0.2) is 62.7 Å². The molecule has 2 N–H and O–H groups in total. The average molecular weight is 460 g/mol. The number of methoxy groups -OCH3 is 2. The quantitative estimate of drug-likeness (QED) is 0.428. The molecule has 0 spiro atoms. The lowest BCUT2D eigenvalue weighted by atomic mass is 10.1. The summed E-state index contributed by atoms with van der Waals surface area (Å²) in [6.07, 6.45) is 7.20. The number of anilines is 3. The number of hydrogen-bond acceptors (Lipinski definition) is 9. The number of nitriles is 1. The predicted octanol–water partition coefficient (Wildman–Crippen LogP) is 2.51. The lowest BCUT2D eigenvalue weighted by Crippen LogP contribution is -2.34. The van der Waals surface area contributed by atoms with Crippen molar-refractivity contribution in [3.8, 4) is 23.3 Å². The number of nitrogens with one attached hydrogen (secondary N) is 1. The molecule has 0 saturated carbocycles. The van der Waals surface area contributed by atoms with Gasteiger partial charge in [0.15, 0.2) is 17.3 Å². The van der Waals surface area contributed by atoms with Gasteiger partial charge in [0, 0.05) is 18.8 Å². The molecule has 174 valence electrons. The topological polar surface area (TPSA) is 126 Å². The van der Waals surface area contributed by atoms with E-state index in [2.05, 4.69) is 21.5 Å². The average Bonchev–Trinajstić information content (AvgIpc) is 3.63. The van der Waals surface area contributed by atoms with E-state index in [-0.39, 0.29) is 12.6 Å². The van der Waals surface area contributed by atoms with Gasteiger partial charge in [-0.15, -0.1) is 5.10 Å². The number of imidazole rings is 1. The van der Waals surface area contributed by atoms with Crippen LogP contribution in [0.2, 0.25) is 0 Å². The van der Waals surface area contributed by atoms with E-state index in [0.717, 1.165) is 24.9 Å². The normalized spacial score (nSPS) is 15.5. The first-order valence-electron chi connectivity index (χ1n) is 10.9. The Morgan fingerprint density at radius 2 is 2.18 bits per heavy atom. The molecule has 0 bridgehead atoms. The second-order valence-electron chi connectivity index (χ2n) is 7.90. The Kier molecular flexibility index (Phi) is 5.65. The SMILES string of the molecule is COc1cc(-n2cnc(Nc3nc(N4CCC[C@H]4CO)nn4cccc34)c2)cc(C#N)c1OC. The van der Waals surface area contributed by atoms with Gasteiger partial charge < -0.3 is 29.4 Å². The molecule has 4 heterocycles. The minimum absolute atomic E-state index is 0.0134. The highest BCUT2D eigenvalue weighted by atomic mass is 16.5. The molecule has 1 saturated heterocycles. The first-order valence-corrected chi connectivity index (χ1v) is 10.9. The maximum atomic E-state index is 9.72. The lowest BCUT2D eigenvalue weighted by molar-refractivity contribution is 0.265. The Bertz CT molecular complexity index is 1370. The molecule has 1 aliphatic rings. The van der Waals surface area contributed by atoms with Crippen LogP contribution in [0, 0.1) is 11.3 Å². The first kappa shape index (κ1) is 21.5. The predicted molar refractivity (Wildman–Crippen MR) is 125 cm³/mol. The molecule has 11 nitrogen and oxygen atoms in total. The zero-order valence-electron chi connectivity index (χ0n) is 18.8. The molecule has 1 atom stereocenters. The van der Waals surface area contributed by atoms with Gasteiger partial charge in [0.05, 0.1) is 44.3 Å². The summed E-state index contributed by atoms with van der Waals surface area (Å²) in [5, 5.41) is 27.1. The number of hydrogen-bond donors (Lipinski definition) is 2. The Morgan fingerprint density at radius 3 is 2.94 bits per heavy atom. The molecule has 1 fully saturated rings. The largest absolute Gasteiger partial charge is 0.493 e. The monoisotopic (exact) mass is 460 g/mol. The van der Waals surface area contributed by atoms with Crippen molar-refractivity contribution in [2.75, 3.05) is 37.6 Å². The van der Waals surface area contributed by atoms with Crippen molar-refractivity contribution in [2.45, 2.75) is 18.9 Å². The molecule has 3 aromatic heterocycles. The van der Waals surface area contributed by atoms with Crippen LogP contribution in [0.25, 0.3) is 11.2 Å². The third-order valence-corrected chi connectivity index (χ3v) is 5.94. The molecule has 5 rings (SSSR count). The van der Waals surface area contributed by atoms with E-state index in [1.54, 1.807) is 33.7 Å². The van der Waals surface area contributed by atoms with Crippen LogP contribution in [0.4, 0.5) is 17.6 Å². The fourth-order valence-electron chi connectivity index (χ4n) is 4.26. The number of nitrogens with zero attached hydrogens (tertiary/aromatic N) is 7. The van der Waals surface area contributed by atoms with E-state index in [1.807, 2.05) is 23.2 Å². The first-order chi connectivity index (χ1) is 16.6. The van der Waals surface area contributed by atoms with E-state index in [0.29, 0.717) is 40.3 Å². The molecule has 0 unspecified atom stereocenters. The van der Waals surface area contributed by atoms with Crippen molar-refractivity contribution >= 4 is 23.1 Å². The summed E-state index contributed by atoms with van der Waals surface area (Å²) in [6, 6.07) is 9.47. The van der Waals surface area contributed by atoms with E-state index in [1.165, 1.54) is 14.2 Å². The second-order valence-corrected chi connectivity index (χ2v) is 7.90. The van der Waals surface area contributed by atoms with Crippen LogP contribution in [0.1, 0.15) is 18.4 Å². The number of aliphatic hydroxyl groups excluding tert-OH is 1. The van der Waals surface area contributed by atoms with Gasteiger partial charge in [-0.1, -0.05) is 0 Å². The third kappa shape index (κ3) is 3.74. The molecule has 0 radical (unpaired) electrons. The Hall–Kier alpha value is -4.30. The summed E-state index contributed by atoms with van der Waals surface area (Å²) in [5.74, 6) is 2.58. The van der Waals surface area contributed by atoms with Gasteiger partial charge in [-0.25, -0.2) is 9.50 Å². The standard InChI is InChI=1S/C23H24N8O3/c1-33-19-10-17(9-15(11-24)21(19)34-2)29-12-20(25-14-29)26-22-18-6-4-8-31(18)28-23(27-22)30-7-3-5-16(30)13-32/h4,6,8-10,12,14,16,32H,3,5,7,13H2,1-2H3,(H,26,27,28)/t16-/m0/s1. The molecule has 1 aliphatic heterocycles. The van der Waals surface area contributed by atoms with Gasteiger partial charge in [0.2, 0.25) is 5.95 Å². The smallest absolute Gasteiger partial charge is 0.245 e. The van der Waals surface area contributed by atoms with Gasteiger partial charge in [-0.2, -0.15) is 10.2 Å². The van der Waals surface area contributed by atoms with E-state index in [4.69, 9.17) is 14.5 Å². The number of rotatable bonds is 7. The minimum atomic E-state index is 0.0134. The molecule has 1 aromatic carbocycles. The van der Waals surface area contributed by atoms with Gasteiger partial charge in [-0.3, -0.25) is 0 Å². The zero-order chi connectivity index (χ0) is 23.7. The Morgan fingerprint density at radius 1 is 1.29 bits per heavy atom. The van der Waals surface area contributed by atoms with E-state index in [9.17, 15) is 10.4 Å². The van der Waals surface area contributed by atoms with Crippen molar-refractivity contribution in [3.63, 3.8) is 0 Å². The van der Waals surface area contributed by atoms with Crippen molar-refractivity contribution in [2.24, 2.45) is 0 Å². The molecule has 4 aromatic rings. The van der Waals surface area contributed by atoms with Crippen molar-refractivity contribution in [1.82, 2.24) is 24.1 Å². The van der Waals surface area contributed by atoms with Crippen LogP contribution < -0.4 is 19.7 Å². The number of benzene rings is 1. The third-order valence-electron chi connectivity index (χ3n) is 5.94. The lowest BCUT2D eigenvalue weighted by Gasteiger charge is -2.23. The summed E-state index contributed by atoms with van der Waals surface area (Å²) >= 11 is 0. The maximum absolute atomic E-state index is 9.72. The Labute approximate surface area is 195 Å². The number of aliphatic hydroxyl groups is 1. The van der Waals surface area contributed by atoms with Crippen LogP contribution in [0.5, 0.6) is 11.5 Å². The molecule has 0 aliphatic carbocycles. The summed E-state index contributed by atoms with van der Waals surface area (Å²) in [5.41, 5.74) is 1.86. The highest BCUT2D eigenvalue weighted by Crippen LogP contribution is 2.34.